The largest absolute Gasteiger partial charge is 0.497 e. The predicted octanol–water partition coefficient (Wildman–Crippen LogP) is 5.14. The maximum Gasteiger partial charge on any atom is 0.278 e. The van der Waals surface area contributed by atoms with E-state index in [1.807, 2.05) is 61.5 Å². The van der Waals surface area contributed by atoms with E-state index in [1.54, 1.807) is 31.4 Å². The first kappa shape index (κ1) is 22.5. The van der Waals surface area contributed by atoms with E-state index in [9.17, 15) is 9.59 Å². The van der Waals surface area contributed by atoms with Gasteiger partial charge in [0.2, 0.25) is 0 Å². The summed E-state index contributed by atoms with van der Waals surface area (Å²) in [4.78, 5) is 32.0. The van der Waals surface area contributed by atoms with E-state index in [0.717, 1.165) is 27.4 Å². The van der Waals surface area contributed by atoms with Crippen LogP contribution in [0.3, 0.4) is 0 Å². The fourth-order valence-corrected chi connectivity index (χ4v) is 4.72. The summed E-state index contributed by atoms with van der Waals surface area (Å²) in [6, 6.07) is 24.2. The standard InChI is InChI=1S/C27H22N4O3S/c1-17-23(19-12-14-20(34-2)15-13-19)28-27(35-17)29-25(32)24-21-10-6-7-11-22(21)26(33)31(30-24)16-18-8-4-3-5-9-18/h3-15H,16H2,1-2H3,(H,28,29,32). The van der Waals surface area contributed by atoms with Crippen molar-refractivity contribution in [2.24, 2.45) is 0 Å². The lowest BCUT2D eigenvalue weighted by atomic mass is 10.1. The van der Waals surface area contributed by atoms with Gasteiger partial charge in [-0.3, -0.25) is 14.9 Å². The number of hydrogen-bond donors (Lipinski definition) is 1. The summed E-state index contributed by atoms with van der Waals surface area (Å²) >= 11 is 1.39. The molecule has 1 amide bonds. The number of carbonyl (C=O) groups is 1. The normalized spacial score (nSPS) is 10.9. The molecule has 0 spiro atoms. The molecule has 7 nitrogen and oxygen atoms in total. The molecule has 8 heteroatoms. The molecule has 1 N–H and O–H groups in total. The number of fused-ring (bicyclic) bond motifs is 1. The number of nitrogens with zero attached hydrogens (tertiary/aromatic N) is 3. The first-order valence-corrected chi connectivity index (χ1v) is 11.8. The molecule has 2 aromatic heterocycles. The average molecular weight is 483 g/mol. The van der Waals surface area contributed by atoms with Crippen LogP contribution in [0.2, 0.25) is 0 Å². The molecule has 2 heterocycles. The number of aryl methyl sites for hydroxylation is 1. The quantitative estimate of drug-likeness (QED) is 0.362. The Labute approximate surface area is 205 Å². The molecule has 0 radical (unpaired) electrons. The molecule has 0 saturated carbocycles. The minimum absolute atomic E-state index is 0.176. The maximum absolute atomic E-state index is 13.3. The van der Waals surface area contributed by atoms with Crippen molar-refractivity contribution >= 4 is 33.1 Å². The molecular formula is C27H22N4O3S. The van der Waals surface area contributed by atoms with E-state index in [4.69, 9.17) is 4.74 Å². The number of rotatable bonds is 6. The second kappa shape index (κ2) is 9.52. The van der Waals surface area contributed by atoms with Gasteiger partial charge in [-0.2, -0.15) is 5.10 Å². The van der Waals surface area contributed by atoms with Gasteiger partial charge in [0, 0.05) is 15.8 Å². The van der Waals surface area contributed by atoms with Crippen LogP contribution in [0.4, 0.5) is 5.13 Å². The third-order valence-corrected chi connectivity index (χ3v) is 6.52. The molecule has 3 aromatic carbocycles. The molecule has 0 aliphatic carbocycles. The highest BCUT2D eigenvalue weighted by Gasteiger charge is 2.19. The molecule has 174 valence electrons. The van der Waals surface area contributed by atoms with E-state index in [2.05, 4.69) is 15.4 Å². The van der Waals surface area contributed by atoms with E-state index in [-0.39, 0.29) is 17.8 Å². The molecular weight excluding hydrogens is 460 g/mol. The molecule has 0 saturated heterocycles. The highest BCUT2D eigenvalue weighted by molar-refractivity contribution is 7.16. The van der Waals surface area contributed by atoms with Crippen molar-refractivity contribution in [3.8, 4) is 17.0 Å². The third kappa shape index (κ3) is 4.56. The van der Waals surface area contributed by atoms with E-state index < -0.39 is 5.91 Å². The van der Waals surface area contributed by atoms with E-state index >= 15 is 0 Å². The van der Waals surface area contributed by atoms with Crippen molar-refractivity contribution in [2.75, 3.05) is 12.4 Å². The van der Waals surface area contributed by atoms with Crippen molar-refractivity contribution in [1.82, 2.24) is 14.8 Å². The molecule has 0 atom stereocenters. The summed E-state index contributed by atoms with van der Waals surface area (Å²) in [7, 11) is 1.62. The summed E-state index contributed by atoms with van der Waals surface area (Å²) in [5.41, 5.74) is 2.58. The Kier molecular flexibility index (Phi) is 6.12. The fourth-order valence-electron chi connectivity index (χ4n) is 3.89. The SMILES string of the molecule is COc1ccc(-c2nc(NC(=O)c3nn(Cc4ccccc4)c(=O)c4ccccc34)sc2C)cc1. The van der Waals surface area contributed by atoms with Gasteiger partial charge in [0.25, 0.3) is 11.5 Å². The van der Waals surface area contributed by atoms with Gasteiger partial charge in [-0.05, 0) is 42.8 Å². The van der Waals surface area contributed by atoms with Crippen LogP contribution < -0.4 is 15.6 Å². The summed E-state index contributed by atoms with van der Waals surface area (Å²) in [5, 5.41) is 8.74. The fraction of sp³-hybridized carbons (Fsp3) is 0.111. The van der Waals surface area contributed by atoms with Crippen molar-refractivity contribution in [1.29, 1.82) is 0 Å². The number of aromatic nitrogens is 3. The zero-order valence-corrected chi connectivity index (χ0v) is 20.0. The lowest BCUT2D eigenvalue weighted by molar-refractivity contribution is 0.102. The Morgan fingerprint density at radius 1 is 0.971 bits per heavy atom. The number of benzene rings is 3. The van der Waals surface area contributed by atoms with Crippen LogP contribution in [-0.4, -0.2) is 27.8 Å². The Bertz CT molecular complexity index is 1570. The van der Waals surface area contributed by atoms with Crippen molar-refractivity contribution in [3.05, 3.63) is 105 Å². The monoisotopic (exact) mass is 482 g/mol. The molecule has 0 aliphatic rings. The van der Waals surface area contributed by atoms with E-state index in [0.29, 0.717) is 15.9 Å². The van der Waals surface area contributed by atoms with Crippen LogP contribution >= 0.6 is 11.3 Å². The van der Waals surface area contributed by atoms with Crippen LogP contribution in [0.5, 0.6) is 5.75 Å². The lowest BCUT2D eigenvalue weighted by Crippen LogP contribution is -2.28. The van der Waals surface area contributed by atoms with Crippen LogP contribution in [0, 0.1) is 6.92 Å². The minimum atomic E-state index is -0.418. The summed E-state index contributed by atoms with van der Waals surface area (Å²) in [6.07, 6.45) is 0. The van der Waals surface area contributed by atoms with Gasteiger partial charge in [-0.25, -0.2) is 9.67 Å². The summed E-state index contributed by atoms with van der Waals surface area (Å²) in [5.74, 6) is 0.344. The average Bonchev–Trinajstić information content (AvgIpc) is 3.26. The van der Waals surface area contributed by atoms with Gasteiger partial charge in [0.15, 0.2) is 10.8 Å². The van der Waals surface area contributed by atoms with Crippen molar-refractivity contribution in [3.63, 3.8) is 0 Å². The molecule has 5 rings (SSSR count). The minimum Gasteiger partial charge on any atom is -0.497 e. The molecule has 0 fully saturated rings. The number of thiazole rings is 1. The van der Waals surface area contributed by atoms with Gasteiger partial charge in [0.05, 0.1) is 24.7 Å². The summed E-state index contributed by atoms with van der Waals surface area (Å²) in [6.45, 7) is 2.23. The highest BCUT2D eigenvalue weighted by Crippen LogP contribution is 2.31. The van der Waals surface area contributed by atoms with Crippen LogP contribution in [0.25, 0.3) is 22.0 Å². The molecule has 0 aliphatic heterocycles. The van der Waals surface area contributed by atoms with Crippen molar-refractivity contribution in [2.45, 2.75) is 13.5 Å². The highest BCUT2D eigenvalue weighted by atomic mass is 32.1. The first-order chi connectivity index (χ1) is 17.0. The maximum atomic E-state index is 13.3. The zero-order chi connectivity index (χ0) is 24.4. The molecule has 35 heavy (non-hydrogen) atoms. The molecule has 0 bridgehead atoms. The smallest absolute Gasteiger partial charge is 0.278 e. The van der Waals surface area contributed by atoms with Crippen LogP contribution in [-0.2, 0) is 6.54 Å². The van der Waals surface area contributed by atoms with Crippen LogP contribution in [0.15, 0.2) is 83.7 Å². The zero-order valence-electron chi connectivity index (χ0n) is 19.2. The first-order valence-electron chi connectivity index (χ1n) is 11.0. The Morgan fingerprint density at radius 2 is 1.66 bits per heavy atom. The molecule has 5 aromatic rings. The summed E-state index contributed by atoms with van der Waals surface area (Å²) < 4.78 is 6.56. The van der Waals surface area contributed by atoms with E-state index in [1.165, 1.54) is 16.0 Å². The number of amides is 1. The number of anilines is 1. The number of methoxy groups -OCH3 is 1. The third-order valence-electron chi connectivity index (χ3n) is 5.64. The second-order valence-corrected chi connectivity index (χ2v) is 9.15. The van der Waals surface area contributed by atoms with Crippen LogP contribution in [0.1, 0.15) is 20.9 Å². The lowest BCUT2D eigenvalue weighted by Gasteiger charge is -2.11. The second-order valence-electron chi connectivity index (χ2n) is 7.95. The number of hydrogen-bond acceptors (Lipinski definition) is 6. The van der Waals surface area contributed by atoms with Gasteiger partial charge in [0.1, 0.15) is 5.75 Å². The Morgan fingerprint density at radius 3 is 2.37 bits per heavy atom. The number of nitrogens with one attached hydrogen (secondary N) is 1. The number of ether oxygens (including phenoxy) is 1. The van der Waals surface area contributed by atoms with Crippen molar-refractivity contribution < 1.29 is 9.53 Å². The topological polar surface area (TPSA) is 86.1 Å². The van der Waals surface area contributed by atoms with Gasteiger partial charge >= 0.3 is 0 Å². The van der Waals surface area contributed by atoms with Gasteiger partial charge in [-0.15, -0.1) is 11.3 Å². The Balaban J connectivity index is 1.49. The Hall–Kier alpha value is -4.30. The number of carbonyl (C=O) groups excluding carboxylic acids is 1. The van der Waals surface area contributed by atoms with Gasteiger partial charge < -0.3 is 4.74 Å². The van der Waals surface area contributed by atoms with Gasteiger partial charge in [-0.1, -0.05) is 48.5 Å². The molecule has 0 unspecified atom stereocenters. The predicted molar refractivity (Wildman–Crippen MR) is 138 cm³/mol.